The quantitative estimate of drug-likeness (QED) is 0.584. The number of pyridine rings is 2. The summed E-state index contributed by atoms with van der Waals surface area (Å²) >= 11 is 0. The monoisotopic (exact) mass is 342 g/mol. The first-order valence-corrected chi connectivity index (χ1v) is 7.98. The number of hydrogen-bond donors (Lipinski definition) is 2. The van der Waals surface area contributed by atoms with Gasteiger partial charge in [-0.1, -0.05) is 18.2 Å². The third-order valence-electron chi connectivity index (χ3n) is 4.32. The topological polar surface area (TPSA) is 94.7 Å². The Morgan fingerprint density at radius 1 is 1.12 bits per heavy atom. The van der Waals surface area contributed by atoms with E-state index < -0.39 is 5.56 Å². The number of nitrogens with one attached hydrogen (secondary N) is 1. The Balaban J connectivity index is 1.82. The maximum Gasteiger partial charge on any atom is 0.270 e. The molecule has 0 saturated heterocycles. The Morgan fingerprint density at radius 2 is 1.85 bits per heavy atom. The van der Waals surface area contributed by atoms with Crippen LogP contribution in [0.25, 0.3) is 27.8 Å². The van der Waals surface area contributed by atoms with E-state index in [4.69, 9.17) is 5.26 Å². The number of rotatable bonds is 2. The second-order valence-corrected chi connectivity index (χ2v) is 5.97. The van der Waals surface area contributed by atoms with Crippen LogP contribution in [0.3, 0.4) is 0 Å². The third kappa shape index (κ3) is 2.43. The molecule has 0 spiro atoms. The molecule has 3 aromatic heterocycles. The largest absolute Gasteiger partial charge is 0.504 e. The SMILES string of the molecule is Cc1ccc(-c2ccc(-n3ccc4[nH]c(=O)c(C#N)c(O)c43)cc2)cn1. The van der Waals surface area contributed by atoms with E-state index in [1.165, 1.54) is 0 Å². The standard InChI is InChI=1S/C20H14N4O2/c1-12-2-3-14(11-22-12)13-4-6-15(7-5-13)24-9-8-17-18(24)19(25)16(10-21)20(26)23-17/h2-9,11H,1H3,(H2,23,25,26). The molecule has 2 N–H and O–H groups in total. The average Bonchev–Trinajstić information content (AvgIpc) is 3.07. The van der Waals surface area contributed by atoms with E-state index in [1.54, 1.807) is 22.9 Å². The van der Waals surface area contributed by atoms with Gasteiger partial charge in [0.2, 0.25) is 0 Å². The fourth-order valence-corrected chi connectivity index (χ4v) is 2.96. The van der Waals surface area contributed by atoms with Crippen LogP contribution in [0.15, 0.2) is 59.7 Å². The highest BCUT2D eigenvalue weighted by Gasteiger charge is 2.15. The Bertz CT molecular complexity index is 1210. The molecular formula is C20H14N4O2. The van der Waals surface area contributed by atoms with Crippen molar-refractivity contribution in [1.82, 2.24) is 14.5 Å². The first kappa shape index (κ1) is 15.7. The number of hydrogen-bond acceptors (Lipinski definition) is 4. The number of aromatic hydroxyl groups is 1. The van der Waals surface area contributed by atoms with Crippen molar-refractivity contribution >= 4 is 11.0 Å². The van der Waals surface area contributed by atoms with Crippen LogP contribution in [-0.4, -0.2) is 19.6 Å². The van der Waals surface area contributed by atoms with Crippen LogP contribution in [0.2, 0.25) is 0 Å². The molecule has 0 aliphatic rings. The van der Waals surface area contributed by atoms with E-state index in [-0.39, 0.29) is 11.3 Å². The molecule has 0 aliphatic heterocycles. The number of H-pyrrole nitrogens is 1. The molecule has 3 heterocycles. The zero-order valence-corrected chi connectivity index (χ0v) is 13.9. The molecule has 0 saturated carbocycles. The van der Waals surface area contributed by atoms with E-state index in [0.717, 1.165) is 22.5 Å². The summed E-state index contributed by atoms with van der Waals surface area (Å²) < 4.78 is 1.73. The summed E-state index contributed by atoms with van der Waals surface area (Å²) in [6.45, 7) is 1.94. The smallest absolute Gasteiger partial charge is 0.270 e. The first-order valence-electron chi connectivity index (χ1n) is 7.98. The summed E-state index contributed by atoms with van der Waals surface area (Å²) in [7, 11) is 0. The number of aryl methyl sites for hydroxylation is 1. The fourth-order valence-electron chi connectivity index (χ4n) is 2.96. The Morgan fingerprint density at radius 3 is 2.50 bits per heavy atom. The zero-order valence-electron chi connectivity index (χ0n) is 13.9. The van der Waals surface area contributed by atoms with Gasteiger partial charge in [-0.15, -0.1) is 0 Å². The van der Waals surface area contributed by atoms with Crippen molar-refractivity contribution in [2.75, 3.05) is 0 Å². The molecule has 0 amide bonds. The van der Waals surface area contributed by atoms with Gasteiger partial charge in [0.1, 0.15) is 11.6 Å². The van der Waals surface area contributed by atoms with Crippen LogP contribution in [-0.2, 0) is 0 Å². The molecule has 26 heavy (non-hydrogen) atoms. The molecule has 4 rings (SSSR count). The molecule has 0 fully saturated rings. The zero-order chi connectivity index (χ0) is 18.3. The van der Waals surface area contributed by atoms with E-state index in [2.05, 4.69) is 9.97 Å². The van der Waals surface area contributed by atoms with E-state index in [1.807, 2.05) is 49.5 Å². The van der Waals surface area contributed by atoms with Crippen molar-refractivity contribution in [1.29, 1.82) is 5.26 Å². The number of aromatic nitrogens is 3. The van der Waals surface area contributed by atoms with Gasteiger partial charge in [0.25, 0.3) is 5.56 Å². The summed E-state index contributed by atoms with van der Waals surface area (Å²) in [6, 6.07) is 15.1. The van der Waals surface area contributed by atoms with Gasteiger partial charge in [-0.2, -0.15) is 5.26 Å². The second-order valence-electron chi connectivity index (χ2n) is 5.97. The van der Waals surface area contributed by atoms with Crippen LogP contribution in [0.5, 0.6) is 5.75 Å². The van der Waals surface area contributed by atoms with Gasteiger partial charge in [-0.3, -0.25) is 9.78 Å². The minimum Gasteiger partial charge on any atom is -0.504 e. The van der Waals surface area contributed by atoms with Gasteiger partial charge in [0.15, 0.2) is 11.3 Å². The van der Waals surface area contributed by atoms with E-state index >= 15 is 0 Å². The number of benzene rings is 1. The van der Waals surface area contributed by atoms with Crippen molar-refractivity contribution in [3.8, 4) is 28.6 Å². The van der Waals surface area contributed by atoms with Gasteiger partial charge < -0.3 is 14.7 Å². The van der Waals surface area contributed by atoms with Crippen molar-refractivity contribution in [3.05, 3.63) is 76.5 Å². The van der Waals surface area contributed by atoms with Crippen LogP contribution in [0.4, 0.5) is 0 Å². The van der Waals surface area contributed by atoms with E-state index in [0.29, 0.717) is 11.0 Å². The predicted molar refractivity (Wildman–Crippen MR) is 98.2 cm³/mol. The van der Waals surface area contributed by atoms with Crippen molar-refractivity contribution in [2.45, 2.75) is 6.92 Å². The van der Waals surface area contributed by atoms with Gasteiger partial charge in [0, 0.05) is 29.3 Å². The number of fused-ring (bicyclic) bond motifs is 1. The molecule has 6 nitrogen and oxygen atoms in total. The Kier molecular flexibility index (Phi) is 3.55. The van der Waals surface area contributed by atoms with Crippen molar-refractivity contribution in [3.63, 3.8) is 0 Å². The summed E-state index contributed by atoms with van der Waals surface area (Å²) in [5.41, 5.74) is 3.77. The molecule has 6 heteroatoms. The molecule has 0 aliphatic carbocycles. The molecule has 0 atom stereocenters. The summed E-state index contributed by atoms with van der Waals surface area (Å²) in [4.78, 5) is 18.7. The number of aromatic amines is 1. The second kappa shape index (κ2) is 5.90. The van der Waals surface area contributed by atoms with Gasteiger partial charge in [-0.25, -0.2) is 0 Å². The van der Waals surface area contributed by atoms with Crippen LogP contribution in [0.1, 0.15) is 11.3 Å². The maximum absolute atomic E-state index is 11.8. The van der Waals surface area contributed by atoms with Crippen LogP contribution < -0.4 is 5.56 Å². The number of nitrogens with zero attached hydrogens (tertiary/aromatic N) is 3. The third-order valence-corrected chi connectivity index (χ3v) is 4.32. The normalized spacial score (nSPS) is 10.8. The van der Waals surface area contributed by atoms with E-state index in [9.17, 15) is 9.90 Å². The molecule has 0 bridgehead atoms. The summed E-state index contributed by atoms with van der Waals surface area (Å²) in [5, 5.41) is 19.4. The molecular weight excluding hydrogens is 328 g/mol. The maximum atomic E-state index is 11.8. The van der Waals surface area contributed by atoms with Gasteiger partial charge >= 0.3 is 0 Å². The van der Waals surface area contributed by atoms with Gasteiger partial charge in [0.05, 0.1) is 5.52 Å². The van der Waals surface area contributed by atoms with Crippen molar-refractivity contribution in [2.24, 2.45) is 0 Å². The predicted octanol–water partition coefficient (Wildman–Crippen LogP) is 3.27. The molecule has 126 valence electrons. The average molecular weight is 342 g/mol. The first-order chi connectivity index (χ1) is 12.6. The lowest BCUT2D eigenvalue weighted by atomic mass is 10.1. The van der Waals surface area contributed by atoms with Crippen LogP contribution >= 0.6 is 0 Å². The molecule has 4 aromatic rings. The minimum atomic E-state index is -0.600. The number of nitriles is 1. The molecule has 0 radical (unpaired) electrons. The highest BCUT2D eigenvalue weighted by Crippen LogP contribution is 2.29. The highest BCUT2D eigenvalue weighted by molar-refractivity contribution is 5.86. The Labute approximate surface area is 148 Å². The van der Waals surface area contributed by atoms with Gasteiger partial charge in [-0.05, 0) is 36.8 Å². The van der Waals surface area contributed by atoms with Crippen LogP contribution in [0, 0.1) is 18.3 Å². The summed E-state index contributed by atoms with van der Waals surface area (Å²) in [5.74, 6) is -0.317. The lowest BCUT2D eigenvalue weighted by molar-refractivity contribution is 0.476. The van der Waals surface area contributed by atoms with Crippen molar-refractivity contribution < 1.29 is 5.11 Å². The lowest BCUT2D eigenvalue weighted by Crippen LogP contribution is -2.10. The minimum absolute atomic E-state index is 0.292. The lowest BCUT2D eigenvalue weighted by Gasteiger charge is -2.09. The molecule has 1 aromatic carbocycles. The fraction of sp³-hybridized carbons (Fsp3) is 0.0500. The summed E-state index contributed by atoms with van der Waals surface area (Å²) in [6.07, 6.45) is 3.56. The molecule has 0 unspecified atom stereocenters. The Hall–Kier alpha value is -3.85. The highest BCUT2D eigenvalue weighted by atomic mass is 16.3.